The highest BCUT2D eigenvalue weighted by atomic mass is 16.1. The van der Waals surface area contributed by atoms with E-state index in [2.05, 4.69) is 79.9 Å². The molecule has 0 N–H and O–H groups in total. The number of anilines is 1. The second kappa shape index (κ2) is 10.9. The molecule has 0 bridgehead atoms. The lowest BCUT2D eigenvalue weighted by Gasteiger charge is -2.49. The highest BCUT2D eigenvalue weighted by Crippen LogP contribution is 2.34. The molecule has 0 amide bonds. The van der Waals surface area contributed by atoms with E-state index in [-0.39, 0.29) is 18.1 Å². The Morgan fingerprint density at radius 2 is 1.92 bits per heavy atom. The number of fused-ring (bicyclic) bond motifs is 1. The zero-order valence-electron chi connectivity index (χ0n) is 22.5. The molecule has 1 fully saturated rings. The van der Waals surface area contributed by atoms with Crippen LogP contribution in [-0.2, 0) is 20.1 Å². The van der Waals surface area contributed by atoms with Gasteiger partial charge < -0.3 is 14.4 Å². The van der Waals surface area contributed by atoms with Crippen molar-refractivity contribution < 1.29 is 0 Å². The lowest BCUT2D eigenvalue weighted by atomic mass is 9.96. The van der Waals surface area contributed by atoms with Crippen molar-refractivity contribution in [1.29, 1.82) is 5.26 Å². The largest absolute Gasteiger partial charge is 0.364 e. The van der Waals surface area contributed by atoms with Crippen LogP contribution in [0.3, 0.4) is 0 Å². The first-order chi connectivity index (χ1) is 17.3. The molecule has 1 aromatic carbocycles. The molecular formula is C28H39N7O. The van der Waals surface area contributed by atoms with E-state index >= 15 is 0 Å². The lowest BCUT2D eigenvalue weighted by molar-refractivity contribution is 0.101. The van der Waals surface area contributed by atoms with Crippen molar-refractivity contribution in [2.24, 2.45) is 7.05 Å². The van der Waals surface area contributed by atoms with E-state index in [0.29, 0.717) is 12.1 Å². The number of aryl methyl sites for hydroxylation is 1. The number of piperazine rings is 1. The zero-order chi connectivity index (χ0) is 26.0. The molecule has 0 aliphatic carbocycles. The summed E-state index contributed by atoms with van der Waals surface area (Å²) < 4.78 is 3.25. The Balaban J connectivity index is 1.68. The number of pyridine rings is 1. The van der Waals surface area contributed by atoms with Crippen LogP contribution in [0.5, 0.6) is 0 Å². The quantitative estimate of drug-likeness (QED) is 0.480. The van der Waals surface area contributed by atoms with Crippen LogP contribution in [0.25, 0.3) is 11.0 Å². The molecule has 192 valence electrons. The van der Waals surface area contributed by atoms with Crippen molar-refractivity contribution in [2.75, 3.05) is 32.1 Å². The van der Waals surface area contributed by atoms with Gasteiger partial charge in [0.25, 0.3) is 5.56 Å². The zero-order valence-corrected chi connectivity index (χ0v) is 22.5. The van der Waals surface area contributed by atoms with E-state index in [1.807, 2.05) is 0 Å². The van der Waals surface area contributed by atoms with Gasteiger partial charge in [-0.3, -0.25) is 14.4 Å². The standard InChI is InChI=1S/C28H39N7O/c1-7-23-18-35(25-15-27(36)32(6)26-19-33(13-12-29)30-28(25)26)24(8-2)17-34(23)20(3)22-11-9-10-21(14-22)16-31(4)5/h9-11,14-15,19-20,23-24H,7-8,13,16-18H2,1-6H3/t20?,23-,24+/m1/s1. The van der Waals surface area contributed by atoms with E-state index in [4.69, 9.17) is 5.10 Å². The molecule has 4 rings (SSSR count). The molecule has 1 aliphatic rings. The summed E-state index contributed by atoms with van der Waals surface area (Å²) in [6.45, 7) is 9.64. The van der Waals surface area contributed by atoms with Crippen LogP contribution in [0.15, 0.2) is 41.3 Å². The molecular weight excluding hydrogens is 450 g/mol. The predicted octanol–water partition coefficient (Wildman–Crippen LogP) is 3.76. The van der Waals surface area contributed by atoms with Crippen molar-refractivity contribution in [1.82, 2.24) is 24.1 Å². The van der Waals surface area contributed by atoms with Crippen LogP contribution in [0.1, 0.15) is 50.8 Å². The van der Waals surface area contributed by atoms with Crippen LogP contribution in [-0.4, -0.2) is 63.4 Å². The second-order valence-corrected chi connectivity index (χ2v) is 10.3. The number of hydrogen-bond donors (Lipinski definition) is 0. The molecule has 0 saturated carbocycles. The van der Waals surface area contributed by atoms with Crippen molar-refractivity contribution in [3.05, 3.63) is 58.0 Å². The average Bonchev–Trinajstić information content (AvgIpc) is 3.29. The van der Waals surface area contributed by atoms with Crippen LogP contribution in [0, 0.1) is 11.3 Å². The van der Waals surface area contributed by atoms with Crippen LogP contribution in [0.4, 0.5) is 5.69 Å². The van der Waals surface area contributed by atoms with E-state index in [1.54, 1.807) is 28.6 Å². The summed E-state index contributed by atoms with van der Waals surface area (Å²) in [7, 11) is 5.97. The van der Waals surface area contributed by atoms with Gasteiger partial charge in [-0.05, 0) is 45.0 Å². The SMILES string of the molecule is CC[C@H]1CN(C(C)c2cccc(CN(C)C)c2)[C@H](CC)CN1c1cc(=O)n(C)c2cn(CC#N)nc12. The number of nitriles is 1. The molecule has 3 heterocycles. The predicted molar refractivity (Wildman–Crippen MR) is 145 cm³/mol. The normalized spacial score (nSPS) is 19.7. The van der Waals surface area contributed by atoms with Crippen molar-refractivity contribution in [3.8, 4) is 6.07 Å². The van der Waals surface area contributed by atoms with Crippen LogP contribution < -0.4 is 10.5 Å². The summed E-state index contributed by atoms with van der Waals surface area (Å²) in [6.07, 6.45) is 3.79. The summed E-state index contributed by atoms with van der Waals surface area (Å²) in [5.41, 5.74) is 5.07. The van der Waals surface area contributed by atoms with Gasteiger partial charge in [-0.1, -0.05) is 38.1 Å². The van der Waals surface area contributed by atoms with Crippen molar-refractivity contribution >= 4 is 16.7 Å². The topological polar surface area (TPSA) is 73.3 Å². The minimum Gasteiger partial charge on any atom is -0.364 e. The molecule has 0 spiro atoms. The molecule has 3 aromatic rings. The van der Waals surface area contributed by atoms with Crippen LogP contribution in [0.2, 0.25) is 0 Å². The van der Waals surface area contributed by atoms with E-state index in [9.17, 15) is 10.1 Å². The van der Waals surface area contributed by atoms with Crippen LogP contribution >= 0.6 is 0 Å². The first-order valence-corrected chi connectivity index (χ1v) is 13.0. The minimum absolute atomic E-state index is 0.0505. The Bertz CT molecular complexity index is 1300. The fraction of sp³-hybridized carbons (Fsp3) is 0.536. The highest BCUT2D eigenvalue weighted by Gasteiger charge is 2.36. The van der Waals surface area contributed by atoms with Gasteiger partial charge in [0.05, 0.1) is 23.5 Å². The van der Waals surface area contributed by atoms with Crippen molar-refractivity contribution in [2.45, 2.75) is 64.8 Å². The van der Waals surface area contributed by atoms with Gasteiger partial charge in [0.1, 0.15) is 12.1 Å². The molecule has 0 radical (unpaired) electrons. The number of rotatable bonds is 8. The summed E-state index contributed by atoms with van der Waals surface area (Å²) in [6, 6.07) is 13.8. The summed E-state index contributed by atoms with van der Waals surface area (Å²) in [5, 5.41) is 13.9. The Morgan fingerprint density at radius 1 is 1.17 bits per heavy atom. The fourth-order valence-corrected chi connectivity index (χ4v) is 5.57. The number of aromatic nitrogens is 3. The monoisotopic (exact) mass is 489 g/mol. The molecule has 8 heteroatoms. The van der Waals surface area contributed by atoms with Gasteiger partial charge in [0.15, 0.2) is 0 Å². The maximum Gasteiger partial charge on any atom is 0.252 e. The third-order valence-corrected chi connectivity index (χ3v) is 7.59. The smallest absolute Gasteiger partial charge is 0.252 e. The Labute approximate surface area is 214 Å². The summed E-state index contributed by atoms with van der Waals surface area (Å²) >= 11 is 0. The first-order valence-electron chi connectivity index (χ1n) is 13.0. The highest BCUT2D eigenvalue weighted by molar-refractivity contribution is 5.88. The van der Waals surface area contributed by atoms with Crippen molar-refractivity contribution in [3.63, 3.8) is 0 Å². The molecule has 3 atom stereocenters. The Hall–Kier alpha value is -3.15. The number of hydrogen-bond acceptors (Lipinski definition) is 6. The lowest BCUT2D eigenvalue weighted by Crippen LogP contribution is -2.58. The minimum atomic E-state index is -0.0505. The molecule has 1 unspecified atom stereocenters. The van der Waals surface area contributed by atoms with Gasteiger partial charge in [-0.2, -0.15) is 10.4 Å². The third kappa shape index (κ3) is 5.04. The second-order valence-electron chi connectivity index (χ2n) is 10.3. The maximum atomic E-state index is 12.9. The molecule has 2 aromatic heterocycles. The Kier molecular flexibility index (Phi) is 7.82. The van der Waals surface area contributed by atoms with Gasteiger partial charge in [0, 0.05) is 50.9 Å². The number of benzene rings is 1. The summed E-state index contributed by atoms with van der Waals surface area (Å²) in [5.74, 6) is 0. The third-order valence-electron chi connectivity index (χ3n) is 7.59. The fourth-order valence-electron chi connectivity index (χ4n) is 5.57. The number of nitrogens with zero attached hydrogens (tertiary/aromatic N) is 7. The molecule has 1 saturated heterocycles. The van der Waals surface area contributed by atoms with Gasteiger partial charge in [-0.25, -0.2) is 0 Å². The molecule has 36 heavy (non-hydrogen) atoms. The van der Waals surface area contributed by atoms with E-state index in [1.165, 1.54) is 11.1 Å². The molecule has 1 aliphatic heterocycles. The average molecular weight is 490 g/mol. The maximum absolute atomic E-state index is 12.9. The summed E-state index contributed by atoms with van der Waals surface area (Å²) in [4.78, 5) is 20.1. The Morgan fingerprint density at radius 3 is 2.58 bits per heavy atom. The van der Waals surface area contributed by atoms with E-state index < -0.39 is 0 Å². The van der Waals surface area contributed by atoms with Gasteiger partial charge in [0.2, 0.25) is 0 Å². The van der Waals surface area contributed by atoms with Gasteiger partial charge >= 0.3 is 0 Å². The van der Waals surface area contributed by atoms with E-state index in [0.717, 1.165) is 49.2 Å². The first kappa shape index (κ1) is 25.9. The molecule has 8 nitrogen and oxygen atoms in total. The van der Waals surface area contributed by atoms with Gasteiger partial charge in [-0.15, -0.1) is 0 Å².